The van der Waals surface area contributed by atoms with Crippen molar-refractivity contribution < 1.29 is 0 Å². The Morgan fingerprint density at radius 3 is 3.00 bits per heavy atom. The summed E-state index contributed by atoms with van der Waals surface area (Å²) >= 11 is 0. The highest BCUT2D eigenvalue weighted by atomic mass is 14.7. The molecule has 2 heteroatoms. The molecule has 64 valence electrons. The fourth-order valence-electron chi connectivity index (χ4n) is 1.75. The minimum absolute atomic E-state index is 0.611. The van der Waals surface area contributed by atoms with Crippen LogP contribution in [0, 0.1) is 0 Å². The lowest BCUT2D eigenvalue weighted by Crippen LogP contribution is -2.07. The summed E-state index contributed by atoms with van der Waals surface area (Å²) in [7, 11) is 0. The van der Waals surface area contributed by atoms with Crippen molar-refractivity contribution in [2.75, 3.05) is 0 Å². The van der Waals surface area contributed by atoms with E-state index in [4.69, 9.17) is 5.73 Å². The lowest BCUT2D eigenvalue weighted by Gasteiger charge is -2.14. The summed E-state index contributed by atoms with van der Waals surface area (Å²) in [6.07, 6.45) is 6.85. The number of pyridine rings is 1. The number of nitrogens with zero attached hydrogens (tertiary/aromatic N) is 1. The van der Waals surface area contributed by atoms with Gasteiger partial charge in [0.05, 0.1) is 0 Å². The predicted molar refractivity (Wildman–Crippen MR) is 48.8 cm³/mol. The van der Waals surface area contributed by atoms with Crippen molar-refractivity contribution in [3.63, 3.8) is 0 Å². The van der Waals surface area contributed by atoms with Crippen LogP contribution in [-0.4, -0.2) is 4.98 Å². The highest BCUT2D eigenvalue weighted by Crippen LogP contribution is 2.19. The Hall–Kier alpha value is -0.890. The van der Waals surface area contributed by atoms with E-state index in [1.807, 2.05) is 6.20 Å². The van der Waals surface area contributed by atoms with Crippen molar-refractivity contribution in [2.45, 2.75) is 32.2 Å². The molecule has 0 spiro atoms. The third-order valence-electron chi connectivity index (χ3n) is 2.46. The Bertz CT molecular complexity index is 281. The largest absolute Gasteiger partial charge is 0.326 e. The fourth-order valence-corrected chi connectivity index (χ4v) is 1.75. The highest BCUT2D eigenvalue weighted by molar-refractivity contribution is 5.27. The van der Waals surface area contributed by atoms with E-state index in [0.717, 1.165) is 12.0 Å². The summed E-state index contributed by atoms with van der Waals surface area (Å²) < 4.78 is 0. The van der Waals surface area contributed by atoms with Gasteiger partial charge in [-0.05, 0) is 36.8 Å². The lowest BCUT2D eigenvalue weighted by atomic mass is 9.95. The SMILES string of the molecule is NCc1cnc2c(c1)CCCC2. The molecule has 1 aliphatic carbocycles. The van der Waals surface area contributed by atoms with Gasteiger partial charge in [-0.2, -0.15) is 0 Å². The summed E-state index contributed by atoms with van der Waals surface area (Å²) in [5.74, 6) is 0. The first-order valence-electron chi connectivity index (χ1n) is 4.57. The van der Waals surface area contributed by atoms with E-state index in [-0.39, 0.29) is 0 Å². The Balaban J connectivity index is 2.36. The van der Waals surface area contributed by atoms with Gasteiger partial charge in [0.1, 0.15) is 0 Å². The average molecular weight is 162 g/mol. The van der Waals surface area contributed by atoms with E-state index in [0.29, 0.717) is 6.54 Å². The number of rotatable bonds is 1. The molecule has 1 aromatic heterocycles. The first kappa shape index (κ1) is 7.74. The van der Waals surface area contributed by atoms with Gasteiger partial charge in [-0.15, -0.1) is 0 Å². The van der Waals surface area contributed by atoms with E-state index >= 15 is 0 Å². The van der Waals surface area contributed by atoms with Crippen molar-refractivity contribution >= 4 is 0 Å². The molecule has 0 aromatic carbocycles. The van der Waals surface area contributed by atoms with Gasteiger partial charge in [0.2, 0.25) is 0 Å². The normalized spacial score (nSPS) is 15.8. The molecule has 0 aliphatic heterocycles. The van der Waals surface area contributed by atoms with Gasteiger partial charge in [0.15, 0.2) is 0 Å². The van der Waals surface area contributed by atoms with Crippen molar-refractivity contribution in [3.05, 3.63) is 29.1 Å². The first-order chi connectivity index (χ1) is 5.90. The molecule has 12 heavy (non-hydrogen) atoms. The molecule has 0 saturated carbocycles. The van der Waals surface area contributed by atoms with E-state index < -0.39 is 0 Å². The van der Waals surface area contributed by atoms with Crippen LogP contribution in [0.4, 0.5) is 0 Å². The van der Waals surface area contributed by atoms with E-state index in [2.05, 4.69) is 11.1 Å². The van der Waals surface area contributed by atoms with Crippen LogP contribution < -0.4 is 5.73 Å². The highest BCUT2D eigenvalue weighted by Gasteiger charge is 2.09. The maximum absolute atomic E-state index is 5.54. The Kier molecular flexibility index (Phi) is 2.09. The average Bonchev–Trinajstić information content (AvgIpc) is 2.17. The molecule has 1 heterocycles. The molecule has 0 radical (unpaired) electrons. The molecule has 0 amide bonds. The molecule has 2 N–H and O–H groups in total. The van der Waals surface area contributed by atoms with Crippen LogP contribution in [0.3, 0.4) is 0 Å². The van der Waals surface area contributed by atoms with Gasteiger partial charge in [-0.1, -0.05) is 6.07 Å². The number of hydrogen-bond acceptors (Lipinski definition) is 2. The Morgan fingerprint density at radius 2 is 2.17 bits per heavy atom. The summed E-state index contributed by atoms with van der Waals surface area (Å²) in [4.78, 5) is 4.41. The standard InChI is InChI=1S/C10H14N2/c11-6-8-5-9-3-1-2-4-10(9)12-7-8/h5,7H,1-4,6,11H2. The second-order valence-electron chi connectivity index (χ2n) is 3.36. The van der Waals surface area contributed by atoms with Crippen LogP contribution in [0.2, 0.25) is 0 Å². The van der Waals surface area contributed by atoms with E-state index in [1.165, 1.54) is 30.5 Å². The minimum Gasteiger partial charge on any atom is -0.326 e. The third kappa shape index (κ3) is 1.34. The van der Waals surface area contributed by atoms with Crippen LogP contribution in [0.15, 0.2) is 12.3 Å². The number of aromatic nitrogens is 1. The van der Waals surface area contributed by atoms with Crippen LogP contribution in [-0.2, 0) is 19.4 Å². The van der Waals surface area contributed by atoms with Gasteiger partial charge >= 0.3 is 0 Å². The van der Waals surface area contributed by atoms with Gasteiger partial charge in [-0.3, -0.25) is 4.98 Å². The summed E-state index contributed by atoms with van der Waals surface area (Å²) in [6.45, 7) is 0.611. The first-order valence-corrected chi connectivity index (χ1v) is 4.57. The smallest absolute Gasteiger partial charge is 0.0435 e. The molecule has 1 aliphatic rings. The maximum atomic E-state index is 5.54. The van der Waals surface area contributed by atoms with Gasteiger partial charge in [0.25, 0.3) is 0 Å². The molecule has 2 nitrogen and oxygen atoms in total. The second-order valence-corrected chi connectivity index (χ2v) is 3.36. The van der Waals surface area contributed by atoms with Crippen molar-refractivity contribution in [2.24, 2.45) is 5.73 Å². The van der Waals surface area contributed by atoms with Gasteiger partial charge < -0.3 is 5.73 Å². The van der Waals surface area contributed by atoms with E-state index in [1.54, 1.807) is 0 Å². The number of aryl methyl sites for hydroxylation is 2. The zero-order valence-electron chi connectivity index (χ0n) is 7.21. The molecule has 0 atom stereocenters. The number of hydrogen-bond donors (Lipinski definition) is 1. The van der Waals surface area contributed by atoms with Gasteiger partial charge in [-0.25, -0.2) is 0 Å². The fraction of sp³-hybridized carbons (Fsp3) is 0.500. The Labute approximate surface area is 72.8 Å². The molecular formula is C10H14N2. The summed E-state index contributed by atoms with van der Waals surface area (Å²) in [5, 5.41) is 0. The number of fused-ring (bicyclic) bond motifs is 1. The van der Waals surface area contributed by atoms with Gasteiger partial charge in [0, 0.05) is 18.4 Å². The molecule has 1 aromatic rings. The summed E-state index contributed by atoms with van der Waals surface area (Å²) in [5.41, 5.74) is 9.42. The minimum atomic E-state index is 0.611. The van der Waals surface area contributed by atoms with E-state index in [9.17, 15) is 0 Å². The van der Waals surface area contributed by atoms with Crippen LogP contribution in [0.1, 0.15) is 29.7 Å². The van der Waals surface area contributed by atoms with Crippen LogP contribution in [0.5, 0.6) is 0 Å². The molecule has 0 fully saturated rings. The van der Waals surface area contributed by atoms with Crippen LogP contribution >= 0.6 is 0 Å². The summed E-state index contributed by atoms with van der Waals surface area (Å²) in [6, 6.07) is 2.21. The molecule has 0 unspecified atom stereocenters. The lowest BCUT2D eigenvalue weighted by molar-refractivity contribution is 0.665. The Morgan fingerprint density at radius 1 is 1.33 bits per heavy atom. The predicted octanol–water partition coefficient (Wildman–Crippen LogP) is 1.42. The quantitative estimate of drug-likeness (QED) is 0.678. The second kappa shape index (κ2) is 3.23. The van der Waals surface area contributed by atoms with Crippen molar-refractivity contribution in [3.8, 4) is 0 Å². The zero-order chi connectivity index (χ0) is 8.39. The van der Waals surface area contributed by atoms with Crippen LogP contribution in [0.25, 0.3) is 0 Å². The molecular weight excluding hydrogens is 148 g/mol. The molecule has 2 rings (SSSR count). The topological polar surface area (TPSA) is 38.9 Å². The monoisotopic (exact) mass is 162 g/mol. The maximum Gasteiger partial charge on any atom is 0.0435 e. The molecule has 0 saturated heterocycles. The zero-order valence-corrected chi connectivity index (χ0v) is 7.21. The third-order valence-corrected chi connectivity index (χ3v) is 2.46. The molecule has 0 bridgehead atoms. The van der Waals surface area contributed by atoms with Crippen molar-refractivity contribution in [1.82, 2.24) is 4.98 Å². The number of nitrogens with two attached hydrogens (primary N) is 1. The van der Waals surface area contributed by atoms with Crippen molar-refractivity contribution in [1.29, 1.82) is 0 Å².